The van der Waals surface area contributed by atoms with Crippen LogP contribution in [0.1, 0.15) is 50.4 Å². The van der Waals surface area contributed by atoms with Crippen molar-refractivity contribution in [2.45, 2.75) is 50.4 Å². The van der Waals surface area contributed by atoms with Gasteiger partial charge in [-0.1, -0.05) is 51.1 Å². The lowest BCUT2D eigenvalue weighted by molar-refractivity contribution is 0.00521. The van der Waals surface area contributed by atoms with E-state index < -0.39 is 26.9 Å². The maximum absolute atomic E-state index is 12.7. The van der Waals surface area contributed by atoms with Gasteiger partial charge >= 0.3 is 6.09 Å². The zero-order valence-electron chi connectivity index (χ0n) is 23.7. The second-order valence-electron chi connectivity index (χ2n) is 11.8. The predicted molar refractivity (Wildman–Crippen MR) is 157 cm³/mol. The third-order valence-corrected chi connectivity index (χ3v) is 9.21. The number of carbonyl (C=O) groups is 1. The molecule has 0 aliphatic carbocycles. The Hall–Kier alpha value is -4.17. The van der Waals surface area contributed by atoms with Gasteiger partial charge in [0.05, 0.1) is 24.4 Å². The van der Waals surface area contributed by atoms with E-state index in [0.717, 1.165) is 22.6 Å². The van der Waals surface area contributed by atoms with Crippen molar-refractivity contribution in [1.82, 2.24) is 14.9 Å². The third-order valence-electron chi connectivity index (χ3n) is 8.37. The van der Waals surface area contributed by atoms with Gasteiger partial charge in [-0.25, -0.2) is 18.2 Å². The van der Waals surface area contributed by atoms with Gasteiger partial charge in [0.2, 0.25) is 15.0 Å². The Morgan fingerprint density at radius 2 is 1.95 bits per heavy atom. The van der Waals surface area contributed by atoms with Gasteiger partial charge in [0.25, 0.3) is 0 Å². The summed E-state index contributed by atoms with van der Waals surface area (Å²) in [4.78, 5) is 24.5. The van der Waals surface area contributed by atoms with Crippen LogP contribution in [-0.2, 0) is 9.84 Å². The van der Waals surface area contributed by atoms with Gasteiger partial charge in [0.1, 0.15) is 17.4 Å². The fraction of sp³-hybridized carbons (Fsp3) is 0.400. The van der Waals surface area contributed by atoms with E-state index in [-0.39, 0.29) is 34.8 Å². The van der Waals surface area contributed by atoms with Crippen LogP contribution in [0.5, 0.6) is 5.75 Å². The fourth-order valence-electron chi connectivity index (χ4n) is 6.25. The smallest absolute Gasteiger partial charge is 0.408 e. The molecule has 214 valence electrons. The number of sulfone groups is 1. The molecule has 1 aromatic heterocycles. The molecule has 2 aromatic carbocycles. The lowest BCUT2D eigenvalue weighted by atomic mass is 9.71. The van der Waals surface area contributed by atoms with E-state index in [1.807, 2.05) is 62.1 Å². The minimum atomic E-state index is -3.84. The number of nitriles is 1. The monoisotopic (exact) mass is 575 g/mol. The molecule has 2 atom stereocenters. The molecule has 2 aliphatic rings. The number of piperazine rings is 1. The van der Waals surface area contributed by atoms with Crippen LogP contribution >= 0.6 is 0 Å². The molecule has 2 fully saturated rings. The minimum absolute atomic E-state index is 0.132. The first kappa shape index (κ1) is 28.4. The Morgan fingerprint density at radius 3 is 2.59 bits per heavy atom. The van der Waals surface area contributed by atoms with Crippen molar-refractivity contribution in [3.05, 3.63) is 53.2 Å². The number of rotatable bonds is 5. The molecule has 3 heterocycles. The Balaban J connectivity index is 1.66. The molecule has 5 rings (SSSR count). The summed E-state index contributed by atoms with van der Waals surface area (Å²) in [5.74, 6) is 0.854. The van der Waals surface area contributed by atoms with Crippen LogP contribution in [0.15, 0.2) is 41.6 Å². The van der Waals surface area contributed by atoms with Crippen LogP contribution < -0.4 is 9.64 Å². The first-order valence-corrected chi connectivity index (χ1v) is 15.2. The molecular weight excluding hydrogens is 542 g/mol. The van der Waals surface area contributed by atoms with Crippen LogP contribution in [0.25, 0.3) is 22.9 Å². The summed E-state index contributed by atoms with van der Waals surface area (Å²) in [6.07, 6.45) is 4.79. The Bertz CT molecular complexity index is 1720. The average molecular weight is 576 g/mol. The van der Waals surface area contributed by atoms with Crippen LogP contribution in [0.4, 0.5) is 10.6 Å². The number of ether oxygens (including phenoxy) is 1. The van der Waals surface area contributed by atoms with Crippen molar-refractivity contribution >= 4 is 44.7 Å². The van der Waals surface area contributed by atoms with Crippen molar-refractivity contribution in [1.29, 1.82) is 5.26 Å². The number of amides is 1. The quantitative estimate of drug-likeness (QED) is 0.424. The van der Waals surface area contributed by atoms with Crippen molar-refractivity contribution in [2.75, 3.05) is 31.4 Å². The predicted octanol–water partition coefficient (Wildman–Crippen LogP) is 4.83. The number of anilines is 1. The van der Waals surface area contributed by atoms with Crippen LogP contribution in [0, 0.1) is 16.7 Å². The van der Waals surface area contributed by atoms with E-state index in [0.29, 0.717) is 25.1 Å². The number of aromatic nitrogens is 2. The number of benzene rings is 2. The number of fused-ring (bicyclic) bond motifs is 3. The van der Waals surface area contributed by atoms with Gasteiger partial charge in [-0.2, -0.15) is 10.2 Å². The molecule has 0 unspecified atom stereocenters. The van der Waals surface area contributed by atoms with Gasteiger partial charge in [-0.3, -0.25) is 4.90 Å². The molecule has 3 aromatic rings. The highest BCUT2D eigenvalue weighted by Crippen LogP contribution is 2.50. The zero-order chi connectivity index (χ0) is 29.7. The molecule has 0 radical (unpaired) electrons. The second kappa shape index (κ2) is 10.0. The topological polar surface area (TPSA) is 137 Å². The summed E-state index contributed by atoms with van der Waals surface area (Å²) in [7, 11) is -2.25. The molecule has 0 spiro atoms. The normalized spacial score (nSPS) is 20.9. The van der Waals surface area contributed by atoms with Crippen LogP contribution in [-0.4, -0.2) is 72.5 Å². The minimum Gasteiger partial charge on any atom is -0.497 e. The van der Waals surface area contributed by atoms with Crippen LogP contribution in [0.2, 0.25) is 0 Å². The van der Waals surface area contributed by atoms with Crippen LogP contribution in [0.3, 0.4) is 0 Å². The van der Waals surface area contributed by atoms with E-state index in [4.69, 9.17) is 4.74 Å². The number of nitrogens with zero attached hydrogens (tertiary/aromatic N) is 5. The van der Waals surface area contributed by atoms with Gasteiger partial charge in [-0.05, 0) is 52.8 Å². The average Bonchev–Trinajstić information content (AvgIpc) is 3.18. The van der Waals surface area contributed by atoms with E-state index in [2.05, 4.69) is 16.0 Å². The molecule has 0 saturated carbocycles. The van der Waals surface area contributed by atoms with Crippen molar-refractivity contribution in [3.63, 3.8) is 0 Å². The Labute approximate surface area is 239 Å². The molecule has 1 N–H and O–H groups in total. The molecule has 10 nitrogen and oxygen atoms in total. The third kappa shape index (κ3) is 4.86. The molecule has 2 bridgehead atoms. The number of hydrogen-bond donors (Lipinski definition) is 1. The Morgan fingerprint density at radius 1 is 1.22 bits per heavy atom. The number of methoxy groups -OCH3 is 1. The number of hydrogen-bond acceptors (Lipinski definition) is 8. The first-order chi connectivity index (χ1) is 19.3. The highest BCUT2D eigenvalue weighted by molar-refractivity contribution is 7.90. The summed E-state index contributed by atoms with van der Waals surface area (Å²) in [6, 6.07) is 13.5. The molecule has 2 aliphatic heterocycles. The lowest BCUT2D eigenvalue weighted by Gasteiger charge is -2.54. The maximum atomic E-state index is 12.7. The van der Waals surface area contributed by atoms with E-state index >= 15 is 0 Å². The summed E-state index contributed by atoms with van der Waals surface area (Å²) in [6.45, 7) is 6.60. The van der Waals surface area contributed by atoms with Crippen molar-refractivity contribution in [2.24, 2.45) is 5.41 Å². The number of carboxylic acid groups (broad SMARTS) is 1. The zero-order valence-corrected chi connectivity index (χ0v) is 24.6. The summed E-state index contributed by atoms with van der Waals surface area (Å²) in [5, 5.41) is 22.0. The molecule has 2 saturated heterocycles. The van der Waals surface area contributed by atoms with Crippen molar-refractivity contribution < 1.29 is 23.1 Å². The summed E-state index contributed by atoms with van der Waals surface area (Å²) in [5.41, 5.74) is -0.0466. The first-order valence-electron chi connectivity index (χ1n) is 13.3. The van der Waals surface area contributed by atoms with E-state index in [1.54, 1.807) is 24.2 Å². The molecule has 11 heteroatoms. The standard InChI is InChI=1S/C30H33N5O5S/c1-29(2,3)30-13-12-21(35(30)28(36)37)17-34(18-30)26-24(16-31)25(32-27(33-26)41(5,38)39)11-10-20-15-22(40-4)14-19-8-6-7-9-23(19)20/h6-11,14-15,21H,12-13,17-18H2,1-5H3,(H,36,37)/b11-10+/t21-,30-/m0/s1. The van der Waals surface area contributed by atoms with E-state index in [9.17, 15) is 23.6 Å². The molecular formula is C30H33N5O5S. The lowest BCUT2D eigenvalue weighted by Crippen LogP contribution is -2.68. The fourth-order valence-corrected chi connectivity index (χ4v) is 6.76. The largest absolute Gasteiger partial charge is 0.497 e. The van der Waals surface area contributed by atoms with Crippen molar-refractivity contribution in [3.8, 4) is 11.8 Å². The van der Waals surface area contributed by atoms with Gasteiger partial charge in [0, 0.05) is 19.3 Å². The Kier molecular flexibility index (Phi) is 6.94. The maximum Gasteiger partial charge on any atom is 0.408 e. The van der Waals surface area contributed by atoms with Gasteiger partial charge in [0.15, 0.2) is 5.82 Å². The van der Waals surface area contributed by atoms with Gasteiger partial charge in [-0.15, -0.1) is 0 Å². The molecule has 1 amide bonds. The summed E-state index contributed by atoms with van der Waals surface area (Å²) >= 11 is 0. The van der Waals surface area contributed by atoms with E-state index in [1.165, 1.54) is 0 Å². The second-order valence-corrected chi connectivity index (χ2v) is 13.7. The highest BCUT2D eigenvalue weighted by atomic mass is 32.2. The molecule has 41 heavy (non-hydrogen) atoms. The summed E-state index contributed by atoms with van der Waals surface area (Å²) < 4.78 is 30.9. The van der Waals surface area contributed by atoms with Gasteiger partial charge < -0.3 is 14.7 Å². The SMILES string of the molecule is COc1cc(/C=C/c2nc(S(C)(=O)=O)nc(N3C[C@@H]4CC[C@@](C(C)(C)C)(C3)N4C(=O)O)c2C#N)c2ccccc2c1. The highest BCUT2D eigenvalue weighted by Gasteiger charge is 2.59.